The predicted octanol–water partition coefficient (Wildman–Crippen LogP) is 3.37. The average Bonchev–Trinajstić information content (AvgIpc) is 3.00. The Kier molecular flexibility index (Phi) is 5.53. The minimum atomic E-state index is -0.116. The zero-order valence-corrected chi connectivity index (χ0v) is 14.4. The van der Waals surface area contributed by atoms with Gasteiger partial charge in [-0.1, -0.05) is 0 Å². The van der Waals surface area contributed by atoms with Crippen LogP contribution >= 0.6 is 0 Å². The Bertz CT molecular complexity index is 827. The number of nitrogens with zero attached hydrogens (tertiary/aromatic N) is 2. The minimum absolute atomic E-state index is 0.116. The molecule has 0 aliphatic rings. The summed E-state index contributed by atoms with van der Waals surface area (Å²) in [6.07, 6.45) is 0. The third-order valence-electron chi connectivity index (χ3n) is 3.90. The molecule has 0 spiro atoms. The van der Waals surface area contributed by atoms with Crippen LogP contribution in [0.1, 0.15) is 12.7 Å². The Balaban J connectivity index is 1.87. The second kappa shape index (κ2) is 8.00. The molecule has 0 aliphatic carbocycles. The van der Waals surface area contributed by atoms with Gasteiger partial charge in [0, 0.05) is 19.2 Å². The van der Waals surface area contributed by atoms with E-state index in [4.69, 9.17) is 14.2 Å². The van der Waals surface area contributed by atoms with Gasteiger partial charge in [-0.25, -0.2) is 4.98 Å². The highest BCUT2D eigenvalue weighted by molar-refractivity contribution is 5.78. The van der Waals surface area contributed by atoms with Crippen LogP contribution in [0.25, 0.3) is 11.0 Å². The van der Waals surface area contributed by atoms with Gasteiger partial charge < -0.3 is 23.9 Å². The maximum absolute atomic E-state index is 9.56. The molecule has 0 saturated heterocycles. The summed E-state index contributed by atoms with van der Waals surface area (Å²) in [4.78, 5) is 4.47. The zero-order chi connectivity index (χ0) is 17.6. The number of aliphatic hydroxyl groups is 1. The van der Waals surface area contributed by atoms with Crippen LogP contribution in [0, 0.1) is 0 Å². The van der Waals surface area contributed by atoms with Gasteiger partial charge in [0.05, 0.1) is 24.8 Å². The number of hydrogen-bond donors (Lipinski definition) is 1. The molecular weight excluding hydrogens is 320 g/mol. The zero-order valence-electron chi connectivity index (χ0n) is 14.4. The smallest absolute Gasteiger partial charge is 0.135 e. The van der Waals surface area contributed by atoms with Gasteiger partial charge in [0.15, 0.2) is 0 Å². The summed E-state index contributed by atoms with van der Waals surface area (Å²) >= 11 is 0. The number of ether oxygens (including phenoxy) is 3. The molecule has 6 heteroatoms. The van der Waals surface area contributed by atoms with E-state index in [-0.39, 0.29) is 6.61 Å². The van der Waals surface area contributed by atoms with Crippen molar-refractivity contribution in [1.29, 1.82) is 0 Å². The lowest BCUT2D eigenvalue weighted by molar-refractivity contribution is 0.137. The molecule has 0 unspecified atom stereocenters. The van der Waals surface area contributed by atoms with Crippen LogP contribution in [0.4, 0.5) is 0 Å². The van der Waals surface area contributed by atoms with E-state index >= 15 is 0 Å². The maximum Gasteiger partial charge on any atom is 0.135 e. The molecule has 132 valence electrons. The van der Waals surface area contributed by atoms with Crippen LogP contribution in [0.3, 0.4) is 0 Å². The molecule has 0 radical (unpaired) electrons. The molecule has 0 amide bonds. The van der Waals surface area contributed by atoms with Crippen molar-refractivity contribution in [3.63, 3.8) is 0 Å². The molecule has 3 rings (SSSR count). The van der Waals surface area contributed by atoms with Crippen LogP contribution in [0.15, 0.2) is 42.5 Å². The average molecular weight is 342 g/mol. The molecule has 3 aromatic rings. The van der Waals surface area contributed by atoms with Gasteiger partial charge in [0.25, 0.3) is 0 Å². The number of fused-ring (bicyclic) bond motifs is 1. The third kappa shape index (κ3) is 3.92. The van der Waals surface area contributed by atoms with E-state index in [1.165, 1.54) is 0 Å². The van der Waals surface area contributed by atoms with Crippen molar-refractivity contribution in [3.05, 3.63) is 48.3 Å². The van der Waals surface area contributed by atoms with E-state index in [0.717, 1.165) is 22.5 Å². The molecule has 1 aromatic heterocycles. The predicted molar refractivity (Wildman–Crippen MR) is 95.2 cm³/mol. The summed E-state index contributed by atoms with van der Waals surface area (Å²) in [6.45, 7) is 3.70. The standard InChI is InChI=1S/C19H22N2O4/c1-3-24-11-10-21-18-12-16(8-9-17(18)20-19(21)13-22)25-15-6-4-14(23-2)5-7-15/h4-9,12,22H,3,10-11,13H2,1-2H3. The number of benzene rings is 2. The van der Waals surface area contributed by atoms with Gasteiger partial charge in [-0.15, -0.1) is 0 Å². The highest BCUT2D eigenvalue weighted by Gasteiger charge is 2.11. The maximum atomic E-state index is 9.56. The van der Waals surface area contributed by atoms with Crippen molar-refractivity contribution in [3.8, 4) is 17.2 Å². The fraction of sp³-hybridized carbons (Fsp3) is 0.316. The molecule has 0 saturated carbocycles. The number of rotatable bonds is 8. The summed E-state index contributed by atoms with van der Waals surface area (Å²) in [5.74, 6) is 2.84. The van der Waals surface area contributed by atoms with Crippen molar-refractivity contribution in [2.24, 2.45) is 0 Å². The Labute approximate surface area is 146 Å². The molecule has 0 atom stereocenters. The largest absolute Gasteiger partial charge is 0.497 e. The summed E-state index contributed by atoms with van der Waals surface area (Å²) < 4.78 is 18.5. The first kappa shape index (κ1) is 17.3. The Hall–Kier alpha value is -2.57. The quantitative estimate of drug-likeness (QED) is 0.636. The SMILES string of the molecule is CCOCCn1c(CO)nc2ccc(Oc3ccc(OC)cc3)cc21. The van der Waals surface area contributed by atoms with Crippen LogP contribution in [0.2, 0.25) is 0 Å². The first-order valence-corrected chi connectivity index (χ1v) is 8.24. The highest BCUT2D eigenvalue weighted by Crippen LogP contribution is 2.27. The number of aromatic nitrogens is 2. The lowest BCUT2D eigenvalue weighted by Crippen LogP contribution is -2.09. The number of methoxy groups -OCH3 is 1. The minimum Gasteiger partial charge on any atom is -0.497 e. The molecule has 0 fully saturated rings. The van der Waals surface area contributed by atoms with Crippen molar-refractivity contribution in [2.45, 2.75) is 20.1 Å². The second-order valence-corrected chi connectivity index (χ2v) is 5.46. The van der Waals surface area contributed by atoms with E-state index in [9.17, 15) is 5.11 Å². The Morgan fingerprint density at radius 1 is 1.04 bits per heavy atom. The molecule has 1 N–H and O–H groups in total. The van der Waals surface area contributed by atoms with Crippen molar-refractivity contribution >= 4 is 11.0 Å². The van der Waals surface area contributed by atoms with Crippen LogP contribution in [-0.2, 0) is 17.9 Å². The summed E-state index contributed by atoms with van der Waals surface area (Å²) in [6, 6.07) is 13.1. The van der Waals surface area contributed by atoms with Crippen LogP contribution < -0.4 is 9.47 Å². The number of hydrogen-bond acceptors (Lipinski definition) is 5. The van der Waals surface area contributed by atoms with Crippen LogP contribution in [0.5, 0.6) is 17.2 Å². The van der Waals surface area contributed by atoms with Gasteiger partial charge in [-0.2, -0.15) is 0 Å². The van der Waals surface area contributed by atoms with Crippen molar-refractivity contribution < 1.29 is 19.3 Å². The monoisotopic (exact) mass is 342 g/mol. The van der Waals surface area contributed by atoms with E-state index < -0.39 is 0 Å². The fourth-order valence-corrected chi connectivity index (χ4v) is 2.67. The normalized spacial score (nSPS) is 11.0. The molecule has 25 heavy (non-hydrogen) atoms. The molecule has 2 aromatic carbocycles. The molecule has 0 aliphatic heterocycles. The van der Waals surface area contributed by atoms with Gasteiger partial charge in [-0.3, -0.25) is 0 Å². The second-order valence-electron chi connectivity index (χ2n) is 5.46. The van der Waals surface area contributed by atoms with Crippen molar-refractivity contribution in [1.82, 2.24) is 9.55 Å². The first-order valence-electron chi connectivity index (χ1n) is 8.24. The topological polar surface area (TPSA) is 65.7 Å². The number of aliphatic hydroxyl groups excluding tert-OH is 1. The first-order chi connectivity index (χ1) is 12.2. The van der Waals surface area contributed by atoms with Gasteiger partial charge in [-0.05, 0) is 43.3 Å². The van der Waals surface area contributed by atoms with E-state index in [2.05, 4.69) is 4.98 Å². The Morgan fingerprint density at radius 3 is 2.44 bits per heavy atom. The third-order valence-corrected chi connectivity index (χ3v) is 3.90. The van der Waals surface area contributed by atoms with Gasteiger partial charge >= 0.3 is 0 Å². The van der Waals surface area contributed by atoms with Crippen LogP contribution in [-0.4, -0.2) is 35.0 Å². The molecule has 6 nitrogen and oxygen atoms in total. The highest BCUT2D eigenvalue weighted by atomic mass is 16.5. The number of imidazole rings is 1. The van der Waals surface area contributed by atoms with Gasteiger partial charge in [0.1, 0.15) is 29.7 Å². The van der Waals surface area contributed by atoms with E-state index in [1.807, 2.05) is 54.0 Å². The van der Waals surface area contributed by atoms with Gasteiger partial charge in [0.2, 0.25) is 0 Å². The lowest BCUT2D eigenvalue weighted by atomic mass is 10.3. The lowest BCUT2D eigenvalue weighted by Gasteiger charge is -2.10. The summed E-state index contributed by atoms with van der Waals surface area (Å²) in [5.41, 5.74) is 1.73. The van der Waals surface area contributed by atoms with Crippen molar-refractivity contribution in [2.75, 3.05) is 20.3 Å². The molecule has 1 heterocycles. The Morgan fingerprint density at radius 2 is 1.76 bits per heavy atom. The summed E-state index contributed by atoms with van der Waals surface area (Å²) in [5, 5.41) is 9.56. The van der Waals surface area contributed by atoms with E-state index in [1.54, 1.807) is 7.11 Å². The molecular formula is C19H22N2O4. The molecule has 0 bridgehead atoms. The summed E-state index contributed by atoms with van der Waals surface area (Å²) in [7, 11) is 1.63. The fourth-order valence-electron chi connectivity index (χ4n) is 2.67. The van der Waals surface area contributed by atoms with E-state index in [0.29, 0.717) is 31.3 Å².